The van der Waals surface area contributed by atoms with Crippen LogP contribution in [-0.2, 0) is 4.74 Å². The number of ether oxygens (including phenoxy) is 1. The highest BCUT2D eigenvalue weighted by Gasteiger charge is 2.08. The topological polar surface area (TPSA) is 29.5 Å². The Kier molecular flexibility index (Phi) is 8.46. The molecule has 0 aliphatic rings. The predicted octanol–water partition coefficient (Wildman–Crippen LogP) is 2.74. The summed E-state index contributed by atoms with van der Waals surface area (Å²) in [4.78, 5) is 0. The van der Waals surface area contributed by atoms with Crippen molar-refractivity contribution < 1.29 is 9.84 Å². The van der Waals surface area contributed by atoms with Gasteiger partial charge in [0.1, 0.15) is 0 Å². The summed E-state index contributed by atoms with van der Waals surface area (Å²) in [6.07, 6.45) is 5.47. The van der Waals surface area contributed by atoms with Crippen LogP contribution >= 0.6 is 0 Å². The van der Waals surface area contributed by atoms with Gasteiger partial charge in [-0.1, -0.05) is 33.6 Å². The second kappa shape index (κ2) is 8.52. The summed E-state index contributed by atoms with van der Waals surface area (Å²) in [7, 11) is 0. The van der Waals surface area contributed by atoms with Crippen LogP contribution < -0.4 is 0 Å². The molecule has 1 N–H and O–H groups in total. The molecule has 2 heteroatoms. The Bertz CT molecular complexity index is 104. The van der Waals surface area contributed by atoms with E-state index in [0.29, 0.717) is 12.7 Å². The van der Waals surface area contributed by atoms with Gasteiger partial charge in [0.15, 0.2) is 0 Å². The third-order valence-electron chi connectivity index (χ3n) is 2.33. The average Bonchev–Trinajstić information content (AvgIpc) is 2.17. The Labute approximate surface area is 82.3 Å². The van der Waals surface area contributed by atoms with Crippen LogP contribution in [0.4, 0.5) is 0 Å². The number of hydrogen-bond acceptors (Lipinski definition) is 2. The van der Waals surface area contributed by atoms with E-state index in [-0.39, 0.29) is 6.10 Å². The fourth-order valence-corrected chi connectivity index (χ4v) is 1.20. The van der Waals surface area contributed by atoms with Crippen molar-refractivity contribution in [3.8, 4) is 0 Å². The van der Waals surface area contributed by atoms with E-state index in [1.165, 1.54) is 12.8 Å². The van der Waals surface area contributed by atoms with Gasteiger partial charge in [-0.2, -0.15) is 0 Å². The second-order valence-electron chi connectivity index (χ2n) is 3.57. The van der Waals surface area contributed by atoms with Crippen LogP contribution in [0.1, 0.15) is 52.9 Å². The molecule has 0 aromatic carbocycles. The van der Waals surface area contributed by atoms with Gasteiger partial charge in [-0.3, -0.25) is 0 Å². The molecule has 0 rings (SSSR count). The zero-order valence-electron chi connectivity index (χ0n) is 9.25. The summed E-state index contributed by atoms with van der Waals surface area (Å²) in [5.74, 6) is 0. The predicted molar refractivity (Wildman–Crippen MR) is 55.9 cm³/mol. The van der Waals surface area contributed by atoms with Crippen LogP contribution in [0.3, 0.4) is 0 Å². The maximum Gasteiger partial charge on any atom is 0.0771 e. The molecule has 2 atom stereocenters. The van der Waals surface area contributed by atoms with Crippen molar-refractivity contribution in [3.63, 3.8) is 0 Å². The molecule has 0 aliphatic carbocycles. The molecule has 2 nitrogen and oxygen atoms in total. The first-order chi connectivity index (χ1) is 6.24. The maximum atomic E-state index is 9.30. The van der Waals surface area contributed by atoms with Crippen molar-refractivity contribution in [3.05, 3.63) is 0 Å². The summed E-state index contributed by atoms with van der Waals surface area (Å²) in [5.41, 5.74) is 0. The van der Waals surface area contributed by atoms with Crippen LogP contribution in [-0.4, -0.2) is 23.9 Å². The lowest BCUT2D eigenvalue weighted by Gasteiger charge is -2.17. The molecule has 0 aromatic rings. The highest BCUT2D eigenvalue weighted by molar-refractivity contribution is 4.57. The Morgan fingerprint density at radius 3 is 2.31 bits per heavy atom. The molecule has 0 amide bonds. The van der Waals surface area contributed by atoms with E-state index in [1.807, 2.05) is 6.92 Å². The first-order valence-electron chi connectivity index (χ1n) is 5.54. The van der Waals surface area contributed by atoms with Gasteiger partial charge < -0.3 is 9.84 Å². The highest BCUT2D eigenvalue weighted by Crippen LogP contribution is 2.09. The zero-order chi connectivity index (χ0) is 10.1. The van der Waals surface area contributed by atoms with Gasteiger partial charge in [0.2, 0.25) is 0 Å². The monoisotopic (exact) mass is 188 g/mol. The van der Waals surface area contributed by atoms with Crippen molar-refractivity contribution in [2.75, 3.05) is 6.61 Å². The van der Waals surface area contributed by atoms with Crippen LogP contribution in [0.2, 0.25) is 0 Å². The summed E-state index contributed by atoms with van der Waals surface area (Å²) in [6.45, 7) is 6.80. The number of unbranched alkanes of at least 4 members (excludes halogenated alkanes) is 1. The van der Waals surface area contributed by atoms with Crippen molar-refractivity contribution in [2.24, 2.45) is 0 Å². The second-order valence-corrected chi connectivity index (χ2v) is 3.57. The Balaban J connectivity index is 3.46. The molecule has 13 heavy (non-hydrogen) atoms. The molecule has 0 bridgehead atoms. The van der Waals surface area contributed by atoms with Gasteiger partial charge in [-0.05, 0) is 19.3 Å². The lowest BCUT2D eigenvalue weighted by atomic mass is 10.1. The first-order valence-corrected chi connectivity index (χ1v) is 5.54. The molecular weight excluding hydrogens is 164 g/mol. The largest absolute Gasteiger partial charge is 0.391 e. The molecule has 0 saturated carbocycles. The summed E-state index contributed by atoms with van der Waals surface area (Å²) < 4.78 is 5.60. The molecule has 0 fully saturated rings. The van der Waals surface area contributed by atoms with Gasteiger partial charge in [-0.25, -0.2) is 0 Å². The van der Waals surface area contributed by atoms with Gasteiger partial charge in [0, 0.05) is 0 Å². The van der Waals surface area contributed by atoms with Crippen molar-refractivity contribution in [1.29, 1.82) is 0 Å². The van der Waals surface area contributed by atoms with E-state index in [2.05, 4.69) is 13.8 Å². The van der Waals surface area contributed by atoms with E-state index < -0.39 is 0 Å². The first kappa shape index (κ1) is 12.9. The highest BCUT2D eigenvalue weighted by atomic mass is 16.5. The number of aliphatic hydroxyl groups excluding tert-OH is 1. The Morgan fingerprint density at radius 1 is 1.15 bits per heavy atom. The number of hydrogen-bond donors (Lipinski definition) is 1. The third-order valence-corrected chi connectivity index (χ3v) is 2.33. The van der Waals surface area contributed by atoms with Gasteiger partial charge in [-0.15, -0.1) is 0 Å². The lowest BCUT2D eigenvalue weighted by Crippen LogP contribution is -2.20. The normalized spacial score (nSPS) is 15.7. The minimum Gasteiger partial charge on any atom is -0.391 e. The maximum absolute atomic E-state index is 9.30. The SMILES string of the molecule is CCCCC(CC)OCC(O)CC. The average molecular weight is 188 g/mol. The third kappa shape index (κ3) is 7.03. The van der Waals surface area contributed by atoms with Crippen LogP contribution in [0.5, 0.6) is 0 Å². The molecule has 0 saturated heterocycles. The Hall–Kier alpha value is -0.0800. The van der Waals surface area contributed by atoms with Crippen molar-refractivity contribution >= 4 is 0 Å². The minimum atomic E-state index is -0.282. The lowest BCUT2D eigenvalue weighted by molar-refractivity contribution is -0.0157. The van der Waals surface area contributed by atoms with Gasteiger partial charge in [0.05, 0.1) is 18.8 Å². The van der Waals surface area contributed by atoms with E-state index >= 15 is 0 Å². The van der Waals surface area contributed by atoms with Gasteiger partial charge >= 0.3 is 0 Å². The van der Waals surface area contributed by atoms with Crippen LogP contribution in [0, 0.1) is 0 Å². The Morgan fingerprint density at radius 2 is 1.85 bits per heavy atom. The zero-order valence-corrected chi connectivity index (χ0v) is 9.25. The van der Waals surface area contributed by atoms with E-state index in [1.54, 1.807) is 0 Å². The fourth-order valence-electron chi connectivity index (χ4n) is 1.20. The fraction of sp³-hybridized carbons (Fsp3) is 1.00. The molecule has 80 valence electrons. The van der Waals surface area contributed by atoms with Crippen molar-refractivity contribution in [2.45, 2.75) is 65.1 Å². The quantitative estimate of drug-likeness (QED) is 0.634. The number of aliphatic hydroxyl groups is 1. The van der Waals surface area contributed by atoms with E-state index in [0.717, 1.165) is 19.3 Å². The molecule has 0 aliphatic heterocycles. The molecular formula is C11H24O2. The summed E-state index contributed by atoms with van der Waals surface area (Å²) in [5, 5.41) is 9.30. The minimum absolute atomic E-state index is 0.282. The standard InChI is InChI=1S/C11H24O2/c1-4-7-8-11(6-3)13-9-10(12)5-2/h10-12H,4-9H2,1-3H3. The molecule has 0 spiro atoms. The van der Waals surface area contributed by atoms with Gasteiger partial charge in [0.25, 0.3) is 0 Å². The van der Waals surface area contributed by atoms with Crippen LogP contribution in [0.15, 0.2) is 0 Å². The molecule has 2 unspecified atom stereocenters. The summed E-state index contributed by atoms with van der Waals surface area (Å²) >= 11 is 0. The molecule has 0 radical (unpaired) electrons. The van der Waals surface area contributed by atoms with E-state index in [4.69, 9.17) is 4.74 Å². The smallest absolute Gasteiger partial charge is 0.0771 e. The molecule has 0 aromatic heterocycles. The number of rotatable bonds is 8. The van der Waals surface area contributed by atoms with Crippen LogP contribution in [0.25, 0.3) is 0 Å². The van der Waals surface area contributed by atoms with E-state index in [9.17, 15) is 5.11 Å². The van der Waals surface area contributed by atoms with Crippen molar-refractivity contribution in [1.82, 2.24) is 0 Å². The summed E-state index contributed by atoms with van der Waals surface area (Å²) in [6, 6.07) is 0. The molecule has 0 heterocycles.